The average Bonchev–Trinajstić information content (AvgIpc) is 2.34. The number of anilines is 3. The molecule has 1 heterocycles. The summed E-state index contributed by atoms with van der Waals surface area (Å²) in [5, 5.41) is 3.08. The Morgan fingerprint density at radius 1 is 1.26 bits per heavy atom. The molecule has 1 aromatic carbocycles. The normalized spacial score (nSPS) is 10.8. The molecule has 0 spiro atoms. The predicted octanol–water partition coefficient (Wildman–Crippen LogP) is 3.37. The Morgan fingerprint density at radius 3 is 2.63 bits per heavy atom. The molecule has 0 aliphatic heterocycles. The zero-order valence-electron chi connectivity index (χ0n) is 11.2. The van der Waals surface area contributed by atoms with Crippen molar-refractivity contribution in [2.45, 2.75) is 26.7 Å². The van der Waals surface area contributed by atoms with Crippen molar-refractivity contribution in [3.8, 4) is 0 Å². The molecular formula is C14H17FN4. The van der Waals surface area contributed by atoms with Crippen LogP contribution < -0.4 is 11.1 Å². The number of aromatic nitrogens is 2. The zero-order valence-corrected chi connectivity index (χ0v) is 11.2. The Morgan fingerprint density at radius 2 is 2.00 bits per heavy atom. The van der Waals surface area contributed by atoms with Crippen LogP contribution in [0.15, 0.2) is 24.3 Å². The van der Waals surface area contributed by atoms with Crippen molar-refractivity contribution in [1.82, 2.24) is 9.97 Å². The van der Waals surface area contributed by atoms with Gasteiger partial charge in [-0.05, 0) is 25.1 Å². The summed E-state index contributed by atoms with van der Waals surface area (Å²) >= 11 is 0. The maximum atomic E-state index is 13.2. The lowest BCUT2D eigenvalue weighted by molar-refractivity contribution is 0.628. The summed E-state index contributed by atoms with van der Waals surface area (Å²) in [7, 11) is 0. The molecule has 0 saturated heterocycles. The lowest BCUT2D eigenvalue weighted by Gasteiger charge is -2.13. The number of hydrogen-bond donors (Lipinski definition) is 2. The summed E-state index contributed by atoms with van der Waals surface area (Å²) < 4.78 is 13.2. The van der Waals surface area contributed by atoms with Crippen LogP contribution in [0, 0.1) is 12.7 Å². The molecule has 2 aromatic rings. The molecule has 0 saturated carbocycles. The van der Waals surface area contributed by atoms with Crippen LogP contribution in [0.5, 0.6) is 0 Å². The molecule has 0 amide bonds. The summed E-state index contributed by atoms with van der Waals surface area (Å²) in [6, 6.07) is 6.22. The van der Waals surface area contributed by atoms with E-state index < -0.39 is 0 Å². The molecule has 0 radical (unpaired) electrons. The molecule has 0 atom stereocenters. The van der Waals surface area contributed by atoms with Gasteiger partial charge in [-0.15, -0.1) is 0 Å². The summed E-state index contributed by atoms with van der Waals surface area (Å²) in [6.07, 6.45) is 0. The highest BCUT2D eigenvalue weighted by Gasteiger charge is 2.11. The van der Waals surface area contributed by atoms with Gasteiger partial charge >= 0.3 is 0 Å². The van der Waals surface area contributed by atoms with E-state index in [2.05, 4.69) is 15.3 Å². The summed E-state index contributed by atoms with van der Waals surface area (Å²) in [6.45, 7) is 5.83. The molecule has 0 aliphatic rings. The van der Waals surface area contributed by atoms with Crippen LogP contribution >= 0.6 is 0 Å². The van der Waals surface area contributed by atoms with E-state index in [0.717, 1.165) is 5.56 Å². The number of nitrogens with two attached hydrogens (primary N) is 1. The minimum Gasteiger partial charge on any atom is -0.383 e. The van der Waals surface area contributed by atoms with Gasteiger partial charge in [0.25, 0.3) is 0 Å². The van der Waals surface area contributed by atoms with Crippen molar-refractivity contribution in [2.24, 2.45) is 0 Å². The Hall–Kier alpha value is -2.17. The lowest BCUT2D eigenvalue weighted by atomic mass is 10.2. The first-order valence-corrected chi connectivity index (χ1v) is 6.14. The first kappa shape index (κ1) is 13.3. The Kier molecular flexibility index (Phi) is 3.64. The van der Waals surface area contributed by atoms with Crippen molar-refractivity contribution in [2.75, 3.05) is 11.1 Å². The predicted molar refractivity (Wildman–Crippen MR) is 75.0 cm³/mol. The first-order valence-electron chi connectivity index (χ1n) is 6.14. The van der Waals surface area contributed by atoms with E-state index >= 15 is 0 Å². The Bertz CT molecular complexity index is 596. The maximum Gasteiger partial charge on any atom is 0.139 e. The number of hydrogen-bond acceptors (Lipinski definition) is 4. The highest BCUT2D eigenvalue weighted by atomic mass is 19.1. The standard InChI is InChI=1S/C14H17FN4/c1-8(2)13-18-12(16)9(3)14(19-13)17-11-6-4-5-10(15)7-11/h4-8H,1-3H3,(H3,16,17,18,19). The molecule has 0 aliphatic carbocycles. The zero-order chi connectivity index (χ0) is 14.0. The molecule has 0 unspecified atom stereocenters. The Labute approximate surface area is 111 Å². The van der Waals surface area contributed by atoms with Gasteiger partial charge in [0.2, 0.25) is 0 Å². The van der Waals surface area contributed by atoms with Gasteiger partial charge in [0.1, 0.15) is 23.3 Å². The fourth-order valence-electron chi connectivity index (χ4n) is 1.63. The Balaban J connectivity index is 2.39. The van der Waals surface area contributed by atoms with Crippen molar-refractivity contribution < 1.29 is 4.39 Å². The number of rotatable bonds is 3. The number of nitrogen functional groups attached to an aromatic ring is 1. The van der Waals surface area contributed by atoms with Crippen molar-refractivity contribution in [3.05, 3.63) is 41.5 Å². The lowest BCUT2D eigenvalue weighted by Crippen LogP contribution is -2.08. The van der Waals surface area contributed by atoms with Gasteiger partial charge in [-0.1, -0.05) is 19.9 Å². The molecule has 100 valence electrons. The van der Waals surface area contributed by atoms with E-state index in [1.54, 1.807) is 12.1 Å². The van der Waals surface area contributed by atoms with Crippen LogP contribution in [-0.2, 0) is 0 Å². The molecule has 3 N–H and O–H groups in total. The highest BCUT2D eigenvalue weighted by Crippen LogP contribution is 2.24. The number of benzene rings is 1. The van der Waals surface area contributed by atoms with Gasteiger partial charge < -0.3 is 11.1 Å². The van der Waals surface area contributed by atoms with Gasteiger partial charge in [0.05, 0.1) is 0 Å². The topological polar surface area (TPSA) is 63.8 Å². The molecule has 0 bridgehead atoms. The third-order valence-corrected chi connectivity index (χ3v) is 2.80. The van der Waals surface area contributed by atoms with Crippen LogP contribution in [0.4, 0.5) is 21.7 Å². The highest BCUT2D eigenvalue weighted by molar-refractivity contribution is 5.63. The first-order chi connectivity index (χ1) is 8.97. The molecule has 5 heteroatoms. The van der Waals surface area contributed by atoms with Gasteiger partial charge in [0, 0.05) is 17.2 Å². The van der Waals surface area contributed by atoms with Gasteiger partial charge in [0.15, 0.2) is 0 Å². The molecular weight excluding hydrogens is 243 g/mol. The third-order valence-electron chi connectivity index (χ3n) is 2.80. The fraction of sp³-hybridized carbons (Fsp3) is 0.286. The van der Waals surface area contributed by atoms with Crippen LogP contribution in [0.2, 0.25) is 0 Å². The smallest absolute Gasteiger partial charge is 0.139 e. The van der Waals surface area contributed by atoms with E-state index in [9.17, 15) is 4.39 Å². The SMILES string of the molecule is Cc1c(N)nc(C(C)C)nc1Nc1cccc(F)c1. The van der Waals surface area contributed by atoms with Gasteiger partial charge in [-0.2, -0.15) is 0 Å². The summed E-state index contributed by atoms with van der Waals surface area (Å²) in [5.41, 5.74) is 7.27. The maximum absolute atomic E-state index is 13.2. The van der Waals surface area contributed by atoms with Gasteiger partial charge in [-0.3, -0.25) is 0 Å². The van der Waals surface area contributed by atoms with Crippen molar-refractivity contribution >= 4 is 17.3 Å². The second-order valence-corrected chi connectivity index (χ2v) is 4.73. The fourth-order valence-corrected chi connectivity index (χ4v) is 1.63. The van der Waals surface area contributed by atoms with E-state index in [4.69, 9.17) is 5.73 Å². The minimum atomic E-state index is -0.297. The van der Waals surface area contributed by atoms with Crippen LogP contribution in [0.1, 0.15) is 31.2 Å². The second kappa shape index (κ2) is 5.22. The monoisotopic (exact) mass is 260 g/mol. The molecule has 2 rings (SSSR count). The van der Waals surface area contributed by atoms with Crippen LogP contribution in [0.25, 0.3) is 0 Å². The van der Waals surface area contributed by atoms with Crippen LogP contribution in [-0.4, -0.2) is 9.97 Å². The van der Waals surface area contributed by atoms with Crippen LogP contribution in [0.3, 0.4) is 0 Å². The number of halogens is 1. The number of nitrogens with one attached hydrogen (secondary N) is 1. The summed E-state index contributed by atoms with van der Waals surface area (Å²) in [5.74, 6) is 1.60. The second-order valence-electron chi connectivity index (χ2n) is 4.73. The van der Waals surface area contributed by atoms with Crippen molar-refractivity contribution in [1.29, 1.82) is 0 Å². The largest absolute Gasteiger partial charge is 0.383 e. The van der Waals surface area contributed by atoms with E-state index in [1.807, 2.05) is 20.8 Å². The number of nitrogens with zero attached hydrogens (tertiary/aromatic N) is 2. The molecule has 19 heavy (non-hydrogen) atoms. The average molecular weight is 260 g/mol. The molecule has 1 aromatic heterocycles. The minimum absolute atomic E-state index is 0.177. The quantitative estimate of drug-likeness (QED) is 0.888. The van der Waals surface area contributed by atoms with Crippen molar-refractivity contribution in [3.63, 3.8) is 0 Å². The van der Waals surface area contributed by atoms with E-state index in [0.29, 0.717) is 23.1 Å². The van der Waals surface area contributed by atoms with E-state index in [-0.39, 0.29) is 11.7 Å². The summed E-state index contributed by atoms with van der Waals surface area (Å²) in [4.78, 5) is 8.68. The molecule has 4 nitrogen and oxygen atoms in total. The van der Waals surface area contributed by atoms with E-state index in [1.165, 1.54) is 12.1 Å². The third kappa shape index (κ3) is 2.99. The van der Waals surface area contributed by atoms with Gasteiger partial charge in [-0.25, -0.2) is 14.4 Å². The molecule has 0 fully saturated rings.